The Labute approximate surface area is 119 Å². The van der Waals surface area contributed by atoms with Crippen molar-refractivity contribution < 1.29 is 26.7 Å². The summed E-state index contributed by atoms with van der Waals surface area (Å²) in [6, 6.07) is 5.46. The molecule has 0 heterocycles. The highest BCUT2D eigenvalue weighted by Crippen LogP contribution is 2.17. The minimum absolute atomic E-state index is 0.0204. The smallest absolute Gasteiger partial charge is 0.255 e. The third-order valence-electron chi connectivity index (χ3n) is 2.55. The number of carbonyl (C=O) groups is 1. The van der Waals surface area contributed by atoms with Gasteiger partial charge in [-0.1, -0.05) is 0 Å². The first-order valence-corrected chi connectivity index (χ1v) is 6.61. The number of hydrogen-bond acceptors (Lipinski definition) is 3. The number of carbonyl (C=O) groups excluding carboxylic acids is 1. The van der Waals surface area contributed by atoms with Gasteiger partial charge in [-0.2, -0.15) is 0 Å². The van der Waals surface area contributed by atoms with Crippen LogP contribution in [0.4, 0.5) is 18.9 Å². The number of amides is 1. The summed E-state index contributed by atoms with van der Waals surface area (Å²) in [4.78, 5) is 11.2. The molecular weight excluding hydrogens is 307 g/mol. The Kier molecular flexibility index (Phi) is 4.39. The number of nitrogens with one attached hydrogen (secondary N) is 1. The van der Waals surface area contributed by atoms with Crippen molar-refractivity contribution in [3.8, 4) is 0 Å². The molecule has 0 saturated heterocycles. The molecule has 0 aliphatic carbocycles. The SMILES string of the molecule is O=C(Nc1ccc(F)c(F)c1)c1ccc(F)c(S(=O)[O-])c1. The molecule has 0 spiro atoms. The van der Waals surface area contributed by atoms with Crippen LogP contribution in [-0.2, 0) is 11.1 Å². The Hall–Kier alpha value is -2.19. The van der Waals surface area contributed by atoms with Crippen molar-refractivity contribution >= 4 is 22.7 Å². The lowest BCUT2D eigenvalue weighted by Crippen LogP contribution is -2.13. The number of anilines is 1. The van der Waals surface area contributed by atoms with Crippen LogP contribution in [0, 0.1) is 17.5 Å². The Morgan fingerprint density at radius 1 is 1.00 bits per heavy atom. The number of benzene rings is 2. The van der Waals surface area contributed by atoms with E-state index in [2.05, 4.69) is 5.32 Å². The molecule has 0 saturated carbocycles. The van der Waals surface area contributed by atoms with E-state index in [1.165, 1.54) is 0 Å². The van der Waals surface area contributed by atoms with Gasteiger partial charge in [-0.25, -0.2) is 13.2 Å². The maximum Gasteiger partial charge on any atom is 0.255 e. The molecule has 8 heteroatoms. The van der Waals surface area contributed by atoms with E-state index < -0.39 is 39.3 Å². The van der Waals surface area contributed by atoms with Gasteiger partial charge in [-0.05, 0) is 41.4 Å². The number of hydrogen-bond donors (Lipinski definition) is 1. The van der Waals surface area contributed by atoms with Crippen molar-refractivity contribution in [3.63, 3.8) is 0 Å². The minimum Gasteiger partial charge on any atom is -0.768 e. The molecule has 0 bridgehead atoms. The Morgan fingerprint density at radius 2 is 1.67 bits per heavy atom. The van der Waals surface area contributed by atoms with E-state index in [0.29, 0.717) is 0 Å². The van der Waals surface area contributed by atoms with E-state index in [-0.39, 0.29) is 11.3 Å². The maximum atomic E-state index is 13.2. The minimum atomic E-state index is -2.84. The van der Waals surface area contributed by atoms with Gasteiger partial charge >= 0.3 is 0 Å². The van der Waals surface area contributed by atoms with E-state index >= 15 is 0 Å². The van der Waals surface area contributed by atoms with Crippen molar-refractivity contribution in [2.75, 3.05) is 5.32 Å². The van der Waals surface area contributed by atoms with E-state index in [4.69, 9.17) is 0 Å². The summed E-state index contributed by atoms with van der Waals surface area (Å²) >= 11 is -2.84. The standard InChI is InChI=1S/C13H8F3NO3S/c14-9-4-2-8(6-11(9)16)17-13(18)7-1-3-10(15)12(5-7)21(19)20/h1-6H,(H,17,18)(H,19,20)/p-1. The molecule has 4 nitrogen and oxygen atoms in total. The van der Waals surface area contributed by atoms with Crippen molar-refractivity contribution in [1.29, 1.82) is 0 Å². The van der Waals surface area contributed by atoms with Gasteiger partial charge in [-0.15, -0.1) is 0 Å². The zero-order valence-corrected chi connectivity index (χ0v) is 11.0. The first-order chi connectivity index (χ1) is 9.88. The highest BCUT2D eigenvalue weighted by molar-refractivity contribution is 7.79. The predicted octanol–water partition coefficient (Wildman–Crippen LogP) is 2.59. The molecule has 21 heavy (non-hydrogen) atoms. The van der Waals surface area contributed by atoms with Crippen molar-refractivity contribution in [2.24, 2.45) is 0 Å². The van der Waals surface area contributed by atoms with Gasteiger partial charge in [0.25, 0.3) is 5.91 Å². The first-order valence-electron chi connectivity index (χ1n) is 5.53. The molecule has 1 unspecified atom stereocenters. The van der Waals surface area contributed by atoms with Crippen LogP contribution in [0.15, 0.2) is 41.3 Å². The normalized spacial score (nSPS) is 12.0. The summed E-state index contributed by atoms with van der Waals surface area (Å²) in [6.07, 6.45) is 0. The summed E-state index contributed by atoms with van der Waals surface area (Å²) in [5, 5.41) is 2.24. The fourth-order valence-electron chi connectivity index (χ4n) is 1.55. The van der Waals surface area contributed by atoms with Crippen LogP contribution in [-0.4, -0.2) is 14.7 Å². The molecule has 0 aliphatic heterocycles. The second-order valence-corrected chi connectivity index (χ2v) is 4.87. The highest BCUT2D eigenvalue weighted by atomic mass is 32.2. The second-order valence-electron chi connectivity index (χ2n) is 3.96. The Balaban J connectivity index is 2.26. The zero-order chi connectivity index (χ0) is 15.6. The van der Waals surface area contributed by atoms with Crippen LogP contribution >= 0.6 is 0 Å². The third kappa shape index (κ3) is 3.47. The lowest BCUT2D eigenvalue weighted by atomic mass is 10.2. The van der Waals surface area contributed by atoms with Crippen LogP contribution in [0.25, 0.3) is 0 Å². The summed E-state index contributed by atoms with van der Waals surface area (Å²) in [6.45, 7) is 0. The van der Waals surface area contributed by atoms with Gasteiger partial charge in [0, 0.05) is 17.3 Å². The van der Waals surface area contributed by atoms with Gasteiger partial charge in [0.1, 0.15) is 5.82 Å². The highest BCUT2D eigenvalue weighted by Gasteiger charge is 2.11. The van der Waals surface area contributed by atoms with Crippen LogP contribution in [0.5, 0.6) is 0 Å². The summed E-state index contributed by atoms with van der Waals surface area (Å²) in [7, 11) is 0. The number of rotatable bonds is 3. The zero-order valence-electron chi connectivity index (χ0n) is 10.2. The monoisotopic (exact) mass is 314 g/mol. The lowest BCUT2D eigenvalue weighted by Gasteiger charge is -2.10. The first kappa shape index (κ1) is 15.2. The maximum absolute atomic E-state index is 13.2. The largest absolute Gasteiger partial charge is 0.768 e. The fourth-order valence-corrected chi connectivity index (χ4v) is 2.00. The summed E-state index contributed by atoms with van der Waals surface area (Å²) < 4.78 is 60.5. The molecule has 110 valence electrons. The van der Waals surface area contributed by atoms with E-state index in [1.54, 1.807) is 0 Å². The lowest BCUT2D eigenvalue weighted by molar-refractivity contribution is 0.102. The van der Waals surface area contributed by atoms with E-state index in [0.717, 1.165) is 36.4 Å². The van der Waals surface area contributed by atoms with Crippen molar-refractivity contribution in [1.82, 2.24) is 0 Å². The van der Waals surface area contributed by atoms with Crippen LogP contribution < -0.4 is 5.32 Å². The van der Waals surface area contributed by atoms with Crippen LogP contribution in [0.3, 0.4) is 0 Å². The molecule has 1 amide bonds. The predicted molar refractivity (Wildman–Crippen MR) is 67.9 cm³/mol. The molecule has 0 fully saturated rings. The second kappa shape index (κ2) is 6.06. The molecule has 2 rings (SSSR count). The topological polar surface area (TPSA) is 69.2 Å². The molecule has 2 aromatic rings. The molecule has 2 aromatic carbocycles. The van der Waals surface area contributed by atoms with Gasteiger partial charge in [0.15, 0.2) is 11.6 Å². The van der Waals surface area contributed by atoms with Gasteiger partial charge in [0.05, 0.1) is 4.90 Å². The van der Waals surface area contributed by atoms with Crippen molar-refractivity contribution in [2.45, 2.75) is 4.90 Å². The summed E-state index contributed by atoms with van der Waals surface area (Å²) in [5.41, 5.74) is -0.159. The molecule has 0 aromatic heterocycles. The van der Waals surface area contributed by atoms with Crippen LogP contribution in [0.1, 0.15) is 10.4 Å². The van der Waals surface area contributed by atoms with E-state index in [9.17, 15) is 26.7 Å². The summed E-state index contributed by atoms with van der Waals surface area (Å²) in [5.74, 6) is -3.99. The quantitative estimate of drug-likeness (QED) is 0.885. The Morgan fingerprint density at radius 3 is 2.29 bits per heavy atom. The molecule has 0 aliphatic rings. The van der Waals surface area contributed by atoms with Gasteiger partial charge in [-0.3, -0.25) is 9.00 Å². The molecular formula is C13H7F3NO3S-. The Bertz CT molecular complexity index is 737. The van der Waals surface area contributed by atoms with Gasteiger partial charge < -0.3 is 9.87 Å². The average Bonchev–Trinajstić information content (AvgIpc) is 2.43. The van der Waals surface area contributed by atoms with Crippen LogP contribution in [0.2, 0.25) is 0 Å². The number of halogens is 3. The molecule has 0 radical (unpaired) electrons. The fraction of sp³-hybridized carbons (Fsp3) is 0. The third-order valence-corrected chi connectivity index (χ3v) is 3.22. The van der Waals surface area contributed by atoms with Crippen molar-refractivity contribution in [3.05, 3.63) is 59.4 Å². The molecule has 1 atom stereocenters. The van der Waals surface area contributed by atoms with E-state index in [1.807, 2.05) is 0 Å². The molecule has 1 N–H and O–H groups in total. The average molecular weight is 314 g/mol. The van der Waals surface area contributed by atoms with Gasteiger partial charge in [0.2, 0.25) is 0 Å².